The lowest BCUT2D eigenvalue weighted by Crippen LogP contribution is -2.22. The van der Waals surface area contributed by atoms with Gasteiger partial charge in [-0.2, -0.15) is 5.10 Å². The summed E-state index contributed by atoms with van der Waals surface area (Å²) in [5.74, 6) is 0.565. The highest BCUT2D eigenvalue weighted by Gasteiger charge is 2.11. The van der Waals surface area contributed by atoms with Gasteiger partial charge < -0.3 is 5.32 Å². The topological polar surface area (TPSA) is 29.9 Å². The van der Waals surface area contributed by atoms with Crippen LogP contribution in [0.15, 0.2) is 36.7 Å². The van der Waals surface area contributed by atoms with Gasteiger partial charge in [-0.3, -0.25) is 4.68 Å². The molecule has 0 bridgehead atoms. The predicted octanol–water partition coefficient (Wildman–Crippen LogP) is 3.18. The molecular weight excluding hydrogens is 270 g/mol. The molecule has 0 amide bonds. The Morgan fingerprint density at radius 1 is 1.20 bits per heavy atom. The second kappa shape index (κ2) is 7.46. The molecule has 0 aliphatic heterocycles. The summed E-state index contributed by atoms with van der Waals surface area (Å²) >= 11 is 5.93. The van der Waals surface area contributed by atoms with Crippen molar-refractivity contribution in [1.29, 1.82) is 0 Å². The maximum Gasteiger partial charge on any atom is 0.0521 e. The van der Waals surface area contributed by atoms with Crippen molar-refractivity contribution in [2.45, 2.75) is 26.3 Å². The van der Waals surface area contributed by atoms with Gasteiger partial charge in [-0.15, -0.1) is 0 Å². The number of hydrogen-bond acceptors (Lipinski definition) is 2. The Hall–Kier alpha value is -1.32. The van der Waals surface area contributed by atoms with Gasteiger partial charge in [0.1, 0.15) is 0 Å². The Balaban J connectivity index is 2.00. The Bertz CT molecular complexity index is 519. The van der Waals surface area contributed by atoms with Crippen molar-refractivity contribution in [1.82, 2.24) is 15.1 Å². The quantitative estimate of drug-likeness (QED) is 0.849. The molecule has 1 atom stereocenters. The molecule has 0 aliphatic carbocycles. The molecule has 0 spiro atoms. The fourth-order valence-corrected chi connectivity index (χ4v) is 2.60. The lowest BCUT2D eigenvalue weighted by atomic mass is 9.94. The van der Waals surface area contributed by atoms with Crippen LogP contribution < -0.4 is 5.32 Å². The minimum absolute atomic E-state index is 0.565. The minimum atomic E-state index is 0.565. The fourth-order valence-electron chi connectivity index (χ4n) is 2.48. The zero-order valence-corrected chi connectivity index (χ0v) is 12.9. The molecule has 0 saturated carbocycles. The Labute approximate surface area is 126 Å². The summed E-state index contributed by atoms with van der Waals surface area (Å²) in [6.45, 7) is 4.03. The van der Waals surface area contributed by atoms with Crippen molar-refractivity contribution in [3.63, 3.8) is 0 Å². The molecular formula is C16H22ClN3. The first-order valence-corrected chi connectivity index (χ1v) is 7.49. The van der Waals surface area contributed by atoms with Crippen LogP contribution in [0.1, 0.15) is 18.1 Å². The van der Waals surface area contributed by atoms with Crippen molar-refractivity contribution in [3.8, 4) is 0 Å². The van der Waals surface area contributed by atoms with Crippen LogP contribution in [0.25, 0.3) is 0 Å². The number of nitrogens with one attached hydrogen (secondary N) is 1. The van der Waals surface area contributed by atoms with E-state index < -0.39 is 0 Å². The lowest BCUT2D eigenvalue weighted by Gasteiger charge is -2.16. The number of nitrogens with zero attached hydrogens (tertiary/aromatic N) is 2. The summed E-state index contributed by atoms with van der Waals surface area (Å²) in [5, 5.41) is 8.43. The van der Waals surface area contributed by atoms with Crippen LogP contribution in [0.4, 0.5) is 0 Å². The van der Waals surface area contributed by atoms with Crippen molar-refractivity contribution in [2.24, 2.45) is 5.92 Å². The van der Waals surface area contributed by atoms with Crippen LogP contribution in [-0.2, 0) is 19.4 Å². The van der Waals surface area contributed by atoms with Gasteiger partial charge >= 0.3 is 0 Å². The predicted molar refractivity (Wildman–Crippen MR) is 84.2 cm³/mol. The maximum atomic E-state index is 5.93. The molecule has 4 heteroatoms. The molecule has 1 aromatic carbocycles. The van der Waals surface area contributed by atoms with E-state index >= 15 is 0 Å². The summed E-state index contributed by atoms with van der Waals surface area (Å²) in [5.41, 5.74) is 2.64. The SMILES string of the molecule is CCn1cc(CC(CNC)Cc2ccc(Cl)cc2)cn1. The smallest absolute Gasteiger partial charge is 0.0521 e. The van der Waals surface area contributed by atoms with E-state index in [0.29, 0.717) is 5.92 Å². The third kappa shape index (κ3) is 4.36. The average Bonchev–Trinajstić information content (AvgIpc) is 2.89. The van der Waals surface area contributed by atoms with Gasteiger partial charge in [0.05, 0.1) is 6.20 Å². The van der Waals surface area contributed by atoms with E-state index in [1.165, 1.54) is 11.1 Å². The molecule has 0 fully saturated rings. The van der Waals surface area contributed by atoms with E-state index in [4.69, 9.17) is 11.6 Å². The van der Waals surface area contributed by atoms with E-state index in [2.05, 4.69) is 35.7 Å². The summed E-state index contributed by atoms with van der Waals surface area (Å²) in [4.78, 5) is 0. The summed E-state index contributed by atoms with van der Waals surface area (Å²) in [7, 11) is 2.00. The largest absolute Gasteiger partial charge is 0.319 e. The first kappa shape index (κ1) is 15.1. The van der Waals surface area contributed by atoms with Crippen molar-refractivity contribution in [2.75, 3.05) is 13.6 Å². The van der Waals surface area contributed by atoms with Gasteiger partial charge in [0, 0.05) is 17.8 Å². The van der Waals surface area contributed by atoms with Crippen molar-refractivity contribution >= 4 is 11.6 Å². The highest BCUT2D eigenvalue weighted by atomic mass is 35.5. The van der Waals surface area contributed by atoms with E-state index in [1.54, 1.807) is 0 Å². The maximum absolute atomic E-state index is 5.93. The fraction of sp³-hybridized carbons (Fsp3) is 0.438. The second-order valence-corrected chi connectivity index (χ2v) is 5.60. The molecule has 0 aliphatic rings. The van der Waals surface area contributed by atoms with E-state index in [9.17, 15) is 0 Å². The molecule has 0 saturated heterocycles. The van der Waals surface area contributed by atoms with Crippen LogP contribution in [0, 0.1) is 5.92 Å². The van der Waals surface area contributed by atoms with E-state index in [0.717, 1.165) is 31.0 Å². The van der Waals surface area contributed by atoms with Crippen LogP contribution in [0.2, 0.25) is 5.02 Å². The van der Waals surface area contributed by atoms with Crippen LogP contribution >= 0.6 is 11.6 Å². The Morgan fingerprint density at radius 3 is 2.50 bits per heavy atom. The molecule has 1 N–H and O–H groups in total. The molecule has 3 nitrogen and oxygen atoms in total. The normalized spacial score (nSPS) is 12.6. The summed E-state index contributed by atoms with van der Waals surface area (Å²) in [6, 6.07) is 8.14. The van der Waals surface area contributed by atoms with Gasteiger partial charge in [-0.25, -0.2) is 0 Å². The van der Waals surface area contributed by atoms with Gasteiger partial charge in [0.15, 0.2) is 0 Å². The number of halogens is 1. The third-order valence-corrected chi connectivity index (χ3v) is 3.72. The van der Waals surface area contributed by atoms with Gasteiger partial charge in [0.25, 0.3) is 0 Å². The standard InChI is InChI=1S/C16H22ClN3/c1-3-20-12-15(11-19-20)9-14(10-18-2)8-13-4-6-16(17)7-5-13/h4-7,11-12,14,18H,3,8-10H2,1-2H3. The number of rotatable bonds is 7. The van der Waals surface area contributed by atoms with Crippen molar-refractivity contribution in [3.05, 3.63) is 52.8 Å². The average molecular weight is 292 g/mol. The third-order valence-electron chi connectivity index (χ3n) is 3.47. The molecule has 1 unspecified atom stereocenters. The van der Waals surface area contributed by atoms with Gasteiger partial charge in [-0.05, 0) is 62.5 Å². The highest BCUT2D eigenvalue weighted by Crippen LogP contribution is 2.16. The molecule has 108 valence electrons. The number of aryl methyl sites for hydroxylation is 1. The molecule has 20 heavy (non-hydrogen) atoms. The van der Waals surface area contributed by atoms with Crippen LogP contribution in [0.5, 0.6) is 0 Å². The molecule has 2 aromatic rings. The Morgan fingerprint density at radius 2 is 1.90 bits per heavy atom. The molecule has 1 heterocycles. The van der Waals surface area contributed by atoms with E-state index in [-0.39, 0.29) is 0 Å². The lowest BCUT2D eigenvalue weighted by molar-refractivity contribution is 0.493. The first-order valence-electron chi connectivity index (χ1n) is 7.11. The van der Waals surface area contributed by atoms with Crippen molar-refractivity contribution < 1.29 is 0 Å². The monoisotopic (exact) mass is 291 g/mol. The molecule has 2 rings (SSSR count). The number of aromatic nitrogens is 2. The molecule has 1 aromatic heterocycles. The molecule has 0 radical (unpaired) electrons. The van der Waals surface area contributed by atoms with Gasteiger partial charge in [0.2, 0.25) is 0 Å². The Kier molecular flexibility index (Phi) is 5.62. The van der Waals surface area contributed by atoms with Gasteiger partial charge in [-0.1, -0.05) is 23.7 Å². The van der Waals surface area contributed by atoms with E-state index in [1.807, 2.05) is 30.1 Å². The zero-order chi connectivity index (χ0) is 14.4. The second-order valence-electron chi connectivity index (χ2n) is 5.16. The van der Waals surface area contributed by atoms with Crippen LogP contribution in [0.3, 0.4) is 0 Å². The minimum Gasteiger partial charge on any atom is -0.319 e. The van der Waals surface area contributed by atoms with Crippen LogP contribution in [-0.4, -0.2) is 23.4 Å². The number of benzene rings is 1. The first-order chi connectivity index (χ1) is 9.71. The zero-order valence-electron chi connectivity index (χ0n) is 12.1. The summed E-state index contributed by atoms with van der Waals surface area (Å²) in [6.07, 6.45) is 6.22. The highest BCUT2D eigenvalue weighted by molar-refractivity contribution is 6.30. The number of hydrogen-bond donors (Lipinski definition) is 1. The summed E-state index contributed by atoms with van der Waals surface area (Å²) < 4.78 is 1.98.